The fourth-order valence-electron chi connectivity index (χ4n) is 2.21. The smallest absolute Gasteiger partial charge is 0.129 e. The van der Waals surface area contributed by atoms with Crippen molar-refractivity contribution in [3.63, 3.8) is 0 Å². The lowest BCUT2D eigenvalue weighted by molar-refractivity contribution is 0.944. The first-order valence-corrected chi connectivity index (χ1v) is 6.02. The molecule has 1 aliphatic rings. The van der Waals surface area contributed by atoms with Crippen molar-refractivity contribution >= 4 is 28.3 Å². The van der Waals surface area contributed by atoms with Crippen LogP contribution in [0.15, 0.2) is 30.3 Å². The Morgan fingerprint density at radius 3 is 2.69 bits per heavy atom. The second kappa shape index (κ2) is 3.95. The van der Waals surface area contributed by atoms with Crippen molar-refractivity contribution < 1.29 is 0 Å². The summed E-state index contributed by atoms with van der Waals surface area (Å²) in [6.07, 6.45) is 2.56. The van der Waals surface area contributed by atoms with E-state index in [1.807, 2.05) is 18.2 Å². The van der Waals surface area contributed by atoms with Gasteiger partial charge in [0.1, 0.15) is 5.82 Å². The van der Waals surface area contributed by atoms with Gasteiger partial charge >= 0.3 is 0 Å². The van der Waals surface area contributed by atoms with Crippen molar-refractivity contribution in [1.29, 1.82) is 0 Å². The minimum absolute atomic E-state index is 0.767. The molecular weight excluding hydrogens is 220 g/mol. The maximum absolute atomic E-state index is 5.95. The van der Waals surface area contributed by atoms with Gasteiger partial charge in [0.2, 0.25) is 0 Å². The molecule has 0 spiro atoms. The van der Waals surface area contributed by atoms with Gasteiger partial charge in [-0.3, -0.25) is 0 Å². The maximum Gasteiger partial charge on any atom is 0.129 e. The van der Waals surface area contributed by atoms with Gasteiger partial charge in [-0.25, -0.2) is 4.98 Å². The van der Waals surface area contributed by atoms with E-state index >= 15 is 0 Å². The molecule has 0 bridgehead atoms. The number of hydrogen-bond donors (Lipinski definition) is 0. The summed E-state index contributed by atoms with van der Waals surface area (Å²) in [6.45, 7) is 2.26. The maximum atomic E-state index is 5.95. The lowest BCUT2D eigenvalue weighted by Gasteiger charge is -2.16. The zero-order chi connectivity index (χ0) is 11.0. The number of anilines is 1. The van der Waals surface area contributed by atoms with Crippen molar-refractivity contribution in [2.45, 2.75) is 12.8 Å². The molecule has 0 radical (unpaired) electrons. The highest BCUT2D eigenvalue weighted by Gasteiger charge is 2.13. The van der Waals surface area contributed by atoms with Gasteiger partial charge < -0.3 is 4.90 Å². The van der Waals surface area contributed by atoms with E-state index in [2.05, 4.69) is 22.0 Å². The van der Waals surface area contributed by atoms with E-state index in [0.29, 0.717) is 0 Å². The van der Waals surface area contributed by atoms with E-state index in [-0.39, 0.29) is 0 Å². The molecular formula is C13H13ClN2. The Morgan fingerprint density at radius 2 is 1.88 bits per heavy atom. The third-order valence-electron chi connectivity index (χ3n) is 3.07. The van der Waals surface area contributed by atoms with Gasteiger partial charge in [0.25, 0.3) is 0 Å². The summed E-state index contributed by atoms with van der Waals surface area (Å²) in [6, 6.07) is 10.0. The highest BCUT2D eigenvalue weighted by molar-refractivity contribution is 6.31. The summed E-state index contributed by atoms with van der Waals surface area (Å²) in [5, 5.41) is 1.87. The second-order valence-electron chi connectivity index (χ2n) is 4.20. The van der Waals surface area contributed by atoms with Crippen LogP contribution in [0.5, 0.6) is 0 Å². The molecule has 1 fully saturated rings. The van der Waals surface area contributed by atoms with Crippen LogP contribution < -0.4 is 4.90 Å². The van der Waals surface area contributed by atoms with Gasteiger partial charge in [-0.15, -0.1) is 0 Å². The quantitative estimate of drug-likeness (QED) is 0.748. The number of nitrogens with zero attached hydrogens (tertiary/aromatic N) is 2. The van der Waals surface area contributed by atoms with Crippen molar-refractivity contribution in [2.75, 3.05) is 18.0 Å². The number of aromatic nitrogens is 1. The average molecular weight is 233 g/mol. The van der Waals surface area contributed by atoms with Gasteiger partial charge in [0.15, 0.2) is 0 Å². The lowest BCUT2D eigenvalue weighted by Crippen LogP contribution is -2.18. The van der Waals surface area contributed by atoms with Crippen LogP contribution in [-0.2, 0) is 0 Å². The normalized spacial score (nSPS) is 15.9. The van der Waals surface area contributed by atoms with Gasteiger partial charge in [-0.2, -0.15) is 0 Å². The molecule has 0 aliphatic carbocycles. The Morgan fingerprint density at radius 1 is 1.06 bits per heavy atom. The van der Waals surface area contributed by atoms with E-state index in [9.17, 15) is 0 Å². The van der Waals surface area contributed by atoms with Crippen molar-refractivity contribution in [1.82, 2.24) is 4.98 Å². The Balaban J connectivity index is 2.05. The fraction of sp³-hybridized carbons (Fsp3) is 0.308. The standard InChI is InChI=1S/C13H13ClN2/c14-11-4-5-12-10(9-11)3-6-13(15-12)16-7-1-2-8-16/h3-6,9H,1-2,7-8H2. The minimum atomic E-state index is 0.767. The first-order chi connectivity index (χ1) is 7.83. The van der Waals surface area contributed by atoms with Crippen molar-refractivity contribution in [3.05, 3.63) is 35.4 Å². The monoisotopic (exact) mass is 232 g/mol. The zero-order valence-corrected chi connectivity index (χ0v) is 9.74. The van der Waals surface area contributed by atoms with E-state index in [4.69, 9.17) is 11.6 Å². The van der Waals surface area contributed by atoms with Crippen LogP contribution in [0.2, 0.25) is 5.02 Å². The third-order valence-corrected chi connectivity index (χ3v) is 3.30. The predicted octanol–water partition coefficient (Wildman–Crippen LogP) is 3.49. The molecule has 1 aliphatic heterocycles. The van der Waals surface area contributed by atoms with E-state index < -0.39 is 0 Å². The van der Waals surface area contributed by atoms with E-state index in [1.54, 1.807) is 0 Å². The van der Waals surface area contributed by atoms with Crippen LogP contribution in [0.3, 0.4) is 0 Å². The van der Waals surface area contributed by atoms with Gasteiger partial charge in [0, 0.05) is 23.5 Å². The third kappa shape index (κ3) is 1.74. The summed E-state index contributed by atoms with van der Waals surface area (Å²) < 4.78 is 0. The summed E-state index contributed by atoms with van der Waals surface area (Å²) in [5.41, 5.74) is 1.02. The molecule has 1 aromatic carbocycles. The topological polar surface area (TPSA) is 16.1 Å². The van der Waals surface area contributed by atoms with Crippen LogP contribution in [0.4, 0.5) is 5.82 Å². The summed E-state index contributed by atoms with van der Waals surface area (Å²) in [5.74, 6) is 1.09. The molecule has 2 nitrogen and oxygen atoms in total. The number of rotatable bonds is 1. The minimum Gasteiger partial charge on any atom is -0.357 e. The Labute approximate surface area is 99.8 Å². The Bertz CT molecular complexity index is 518. The molecule has 0 saturated carbocycles. The lowest BCUT2D eigenvalue weighted by atomic mass is 10.2. The summed E-state index contributed by atoms with van der Waals surface area (Å²) >= 11 is 5.95. The SMILES string of the molecule is Clc1ccc2nc(N3CCCC3)ccc2c1. The molecule has 3 rings (SSSR count). The number of benzene rings is 1. The first kappa shape index (κ1) is 9.91. The number of fused-ring (bicyclic) bond motifs is 1. The highest BCUT2D eigenvalue weighted by Crippen LogP contribution is 2.23. The fourth-order valence-corrected chi connectivity index (χ4v) is 2.39. The number of halogens is 1. The molecule has 2 heterocycles. The van der Waals surface area contributed by atoms with Crippen LogP contribution in [-0.4, -0.2) is 18.1 Å². The predicted molar refractivity (Wildman–Crippen MR) is 68.2 cm³/mol. The Hall–Kier alpha value is -1.28. The molecule has 16 heavy (non-hydrogen) atoms. The van der Waals surface area contributed by atoms with Crippen molar-refractivity contribution in [2.24, 2.45) is 0 Å². The molecule has 3 heteroatoms. The summed E-state index contributed by atoms with van der Waals surface area (Å²) in [7, 11) is 0. The largest absolute Gasteiger partial charge is 0.357 e. The Kier molecular flexibility index (Phi) is 2.44. The molecule has 0 atom stereocenters. The molecule has 82 valence electrons. The van der Waals surface area contributed by atoms with Crippen LogP contribution in [0.25, 0.3) is 10.9 Å². The summed E-state index contributed by atoms with van der Waals surface area (Å²) in [4.78, 5) is 7.01. The number of pyridine rings is 1. The highest BCUT2D eigenvalue weighted by atomic mass is 35.5. The van der Waals surface area contributed by atoms with Crippen molar-refractivity contribution in [3.8, 4) is 0 Å². The molecule has 1 aromatic heterocycles. The van der Waals surface area contributed by atoms with Gasteiger partial charge in [-0.05, 0) is 43.2 Å². The van der Waals surface area contributed by atoms with E-state index in [1.165, 1.54) is 12.8 Å². The first-order valence-electron chi connectivity index (χ1n) is 5.64. The number of hydrogen-bond acceptors (Lipinski definition) is 2. The van der Waals surface area contributed by atoms with Crippen LogP contribution in [0.1, 0.15) is 12.8 Å². The molecule has 0 unspecified atom stereocenters. The zero-order valence-electron chi connectivity index (χ0n) is 8.99. The van der Waals surface area contributed by atoms with E-state index in [0.717, 1.165) is 34.8 Å². The van der Waals surface area contributed by atoms with Gasteiger partial charge in [0.05, 0.1) is 5.52 Å². The van der Waals surface area contributed by atoms with Crippen LogP contribution >= 0.6 is 11.6 Å². The average Bonchev–Trinajstić information content (AvgIpc) is 2.82. The molecule has 0 N–H and O–H groups in total. The van der Waals surface area contributed by atoms with Gasteiger partial charge in [-0.1, -0.05) is 11.6 Å². The van der Waals surface area contributed by atoms with Crippen LogP contribution in [0, 0.1) is 0 Å². The molecule has 1 saturated heterocycles. The second-order valence-corrected chi connectivity index (χ2v) is 4.64. The molecule has 2 aromatic rings. The molecule has 0 amide bonds.